The lowest BCUT2D eigenvalue weighted by molar-refractivity contribution is -0.384. The number of aliphatic hydroxyl groups is 1. The molecule has 0 radical (unpaired) electrons. The van der Waals surface area contributed by atoms with Crippen LogP contribution in [0.4, 0.5) is 5.69 Å². The van der Waals surface area contributed by atoms with E-state index in [1.54, 1.807) is 0 Å². The first-order valence-electron chi connectivity index (χ1n) is 7.01. The number of aliphatic hydroxyl groups excluding tert-OH is 1. The first kappa shape index (κ1) is 15.6. The Balaban J connectivity index is 1.88. The quantitative estimate of drug-likeness (QED) is 0.438. The van der Waals surface area contributed by atoms with Crippen molar-refractivity contribution in [2.45, 2.75) is 6.42 Å². The van der Waals surface area contributed by atoms with Gasteiger partial charge in [-0.1, -0.05) is 0 Å². The SMILES string of the molecule is O=C(CN1CCCN(CCO)CC1)c1cc([N+](=O)[O-])c[nH]1. The Kier molecular flexibility index (Phi) is 5.43. The number of aromatic nitrogens is 1. The van der Waals surface area contributed by atoms with Gasteiger partial charge in [-0.15, -0.1) is 0 Å². The van der Waals surface area contributed by atoms with Crippen molar-refractivity contribution < 1.29 is 14.8 Å². The normalized spacial score (nSPS) is 17.6. The Bertz CT molecular complexity index is 502. The van der Waals surface area contributed by atoms with E-state index in [9.17, 15) is 14.9 Å². The molecule has 8 heteroatoms. The molecule has 1 saturated heterocycles. The number of hydrogen-bond acceptors (Lipinski definition) is 6. The van der Waals surface area contributed by atoms with Crippen molar-refractivity contribution >= 4 is 11.5 Å². The molecule has 1 aromatic rings. The highest BCUT2D eigenvalue weighted by atomic mass is 16.6. The second kappa shape index (κ2) is 7.30. The third-order valence-electron chi connectivity index (χ3n) is 3.64. The van der Waals surface area contributed by atoms with Crippen LogP contribution in [0.15, 0.2) is 12.3 Å². The number of β-amino-alcohol motifs (C(OH)–C–C–N with tert-alkyl or cyclic N) is 1. The highest BCUT2D eigenvalue weighted by Gasteiger charge is 2.19. The zero-order valence-corrected chi connectivity index (χ0v) is 11.8. The Morgan fingerprint density at radius 3 is 2.71 bits per heavy atom. The predicted octanol–water partition coefficient (Wildman–Crippen LogP) is 0.106. The summed E-state index contributed by atoms with van der Waals surface area (Å²) in [7, 11) is 0. The van der Waals surface area contributed by atoms with E-state index in [0.717, 1.165) is 32.6 Å². The molecule has 1 fully saturated rings. The standard InChI is InChI=1S/C13H20N4O4/c18-7-6-15-2-1-3-16(5-4-15)10-13(19)12-8-11(9-14-12)17(20)21/h8-9,14,18H,1-7,10H2. The van der Waals surface area contributed by atoms with Crippen LogP contribution in [-0.2, 0) is 0 Å². The van der Waals surface area contributed by atoms with Crippen molar-refractivity contribution in [3.63, 3.8) is 0 Å². The molecule has 2 rings (SSSR count). The molecule has 8 nitrogen and oxygen atoms in total. The van der Waals surface area contributed by atoms with Gasteiger partial charge in [0.15, 0.2) is 5.78 Å². The summed E-state index contributed by atoms with van der Waals surface area (Å²) in [4.78, 5) is 29.1. The van der Waals surface area contributed by atoms with Gasteiger partial charge in [-0.25, -0.2) is 0 Å². The van der Waals surface area contributed by atoms with E-state index in [1.807, 2.05) is 4.90 Å². The summed E-state index contributed by atoms with van der Waals surface area (Å²) in [5.74, 6) is -0.140. The van der Waals surface area contributed by atoms with Crippen molar-refractivity contribution in [1.82, 2.24) is 14.8 Å². The molecule has 0 bridgehead atoms. The number of Topliss-reactive ketones (excluding diaryl/α,β-unsaturated/α-hetero) is 1. The highest BCUT2D eigenvalue weighted by molar-refractivity contribution is 5.96. The van der Waals surface area contributed by atoms with E-state index >= 15 is 0 Å². The maximum absolute atomic E-state index is 12.1. The number of carbonyl (C=O) groups is 1. The monoisotopic (exact) mass is 296 g/mol. The molecule has 1 aliphatic rings. The molecule has 2 heterocycles. The Hall–Kier alpha value is -1.77. The number of rotatable bonds is 6. The van der Waals surface area contributed by atoms with Crippen molar-refractivity contribution in [2.24, 2.45) is 0 Å². The minimum Gasteiger partial charge on any atom is -0.395 e. The number of aromatic amines is 1. The van der Waals surface area contributed by atoms with E-state index in [-0.39, 0.29) is 30.3 Å². The molecular weight excluding hydrogens is 276 g/mol. The van der Waals surface area contributed by atoms with Gasteiger partial charge in [-0.3, -0.25) is 24.7 Å². The minimum absolute atomic E-state index is 0.0941. The van der Waals surface area contributed by atoms with E-state index in [1.165, 1.54) is 12.3 Å². The van der Waals surface area contributed by atoms with Gasteiger partial charge in [-0.05, 0) is 19.5 Å². The summed E-state index contributed by atoms with van der Waals surface area (Å²) in [6, 6.07) is 1.28. The van der Waals surface area contributed by atoms with Crippen molar-refractivity contribution in [1.29, 1.82) is 0 Å². The van der Waals surface area contributed by atoms with Crippen LogP contribution >= 0.6 is 0 Å². The van der Waals surface area contributed by atoms with Crippen molar-refractivity contribution in [3.05, 3.63) is 28.1 Å². The van der Waals surface area contributed by atoms with E-state index < -0.39 is 4.92 Å². The summed E-state index contributed by atoms with van der Waals surface area (Å²) in [6.45, 7) is 4.36. The average Bonchev–Trinajstić information content (AvgIpc) is 2.85. The third-order valence-corrected chi connectivity index (χ3v) is 3.64. The topological polar surface area (TPSA) is 103 Å². The highest BCUT2D eigenvalue weighted by Crippen LogP contribution is 2.13. The molecule has 116 valence electrons. The van der Waals surface area contributed by atoms with Crippen molar-refractivity contribution in [2.75, 3.05) is 45.9 Å². The van der Waals surface area contributed by atoms with Gasteiger partial charge in [0.2, 0.25) is 0 Å². The minimum atomic E-state index is -0.522. The maximum atomic E-state index is 12.1. The second-order valence-corrected chi connectivity index (χ2v) is 5.15. The van der Waals surface area contributed by atoms with Gasteiger partial charge in [0.1, 0.15) is 0 Å². The second-order valence-electron chi connectivity index (χ2n) is 5.15. The number of nitrogens with zero attached hydrogens (tertiary/aromatic N) is 3. The molecule has 0 saturated carbocycles. The molecule has 0 unspecified atom stereocenters. The summed E-state index contributed by atoms with van der Waals surface area (Å²) >= 11 is 0. The maximum Gasteiger partial charge on any atom is 0.287 e. The lowest BCUT2D eigenvalue weighted by Crippen LogP contribution is -2.35. The zero-order chi connectivity index (χ0) is 15.2. The zero-order valence-electron chi connectivity index (χ0n) is 11.8. The largest absolute Gasteiger partial charge is 0.395 e. The van der Waals surface area contributed by atoms with Gasteiger partial charge in [0, 0.05) is 25.7 Å². The van der Waals surface area contributed by atoms with E-state index in [2.05, 4.69) is 9.88 Å². The van der Waals surface area contributed by atoms with Crippen LogP contribution in [0, 0.1) is 10.1 Å². The smallest absolute Gasteiger partial charge is 0.287 e. The van der Waals surface area contributed by atoms with Crippen LogP contribution in [0.25, 0.3) is 0 Å². The Labute approximate surface area is 122 Å². The molecule has 0 amide bonds. The van der Waals surface area contributed by atoms with Gasteiger partial charge >= 0.3 is 0 Å². The fourth-order valence-corrected chi connectivity index (χ4v) is 2.49. The number of hydrogen-bond donors (Lipinski definition) is 2. The van der Waals surface area contributed by atoms with Gasteiger partial charge in [0.25, 0.3) is 5.69 Å². The van der Waals surface area contributed by atoms with Crippen molar-refractivity contribution in [3.8, 4) is 0 Å². The van der Waals surface area contributed by atoms with Gasteiger partial charge in [0.05, 0.1) is 30.0 Å². The molecule has 1 aromatic heterocycles. The summed E-state index contributed by atoms with van der Waals surface area (Å²) in [6.07, 6.45) is 2.18. The predicted molar refractivity (Wildman–Crippen MR) is 76.4 cm³/mol. The molecular formula is C13H20N4O4. The van der Waals surface area contributed by atoms with Gasteiger partial charge in [-0.2, -0.15) is 0 Å². The summed E-state index contributed by atoms with van der Waals surface area (Å²) < 4.78 is 0. The Morgan fingerprint density at radius 1 is 1.33 bits per heavy atom. The van der Waals surface area contributed by atoms with Crippen LogP contribution in [0.2, 0.25) is 0 Å². The number of nitro groups is 1. The first-order chi connectivity index (χ1) is 10.1. The molecule has 0 aliphatic carbocycles. The number of ketones is 1. The Morgan fingerprint density at radius 2 is 2.05 bits per heavy atom. The number of H-pyrrole nitrogens is 1. The number of nitrogens with one attached hydrogen (secondary N) is 1. The fraction of sp³-hybridized carbons (Fsp3) is 0.615. The molecule has 2 N–H and O–H groups in total. The molecule has 1 aliphatic heterocycles. The van der Waals surface area contributed by atoms with Crippen LogP contribution in [0.1, 0.15) is 16.9 Å². The van der Waals surface area contributed by atoms with Crippen LogP contribution in [-0.4, -0.2) is 76.5 Å². The fourth-order valence-electron chi connectivity index (χ4n) is 2.49. The molecule has 21 heavy (non-hydrogen) atoms. The number of carbonyl (C=O) groups excluding carboxylic acids is 1. The molecule has 0 atom stereocenters. The lowest BCUT2D eigenvalue weighted by atomic mass is 10.2. The molecule has 0 aromatic carbocycles. The van der Waals surface area contributed by atoms with E-state index in [0.29, 0.717) is 6.54 Å². The van der Waals surface area contributed by atoms with Crippen LogP contribution in [0.5, 0.6) is 0 Å². The third kappa shape index (κ3) is 4.35. The average molecular weight is 296 g/mol. The lowest BCUT2D eigenvalue weighted by Gasteiger charge is -2.20. The van der Waals surface area contributed by atoms with Crippen LogP contribution < -0.4 is 0 Å². The summed E-state index contributed by atoms with van der Waals surface area (Å²) in [5.41, 5.74) is 0.182. The van der Waals surface area contributed by atoms with Gasteiger partial charge < -0.3 is 10.1 Å². The van der Waals surface area contributed by atoms with E-state index in [4.69, 9.17) is 5.11 Å². The summed E-state index contributed by atoms with van der Waals surface area (Å²) in [5, 5.41) is 19.6. The van der Waals surface area contributed by atoms with Crippen LogP contribution in [0.3, 0.4) is 0 Å². The molecule has 0 spiro atoms. The first-order valence-corrected chi connectivity index (χ1v) is 7.01.